The molecule has 0 saturated carbocycles. The van der Waals surface area contributed by atoms with Gasteiger partial charge in [0.15, 0.2) is 0 Å². The minimum atomic E-state index is -5.21. The second-order valence-corrected chi connectivity index (χ2v) is 7.83. The summed E-state index contributed by atoms with van der Waals surface area (Å²) in [6, 6.07) is 4.32. The molecule has 0 atom stereocenters. The molecule has 172 valence electrons. The predicted octanol–water partition coefficient (Wildman–Crippen LogP) is 4.16. The highest BCUT2D eigenvalue weighted by Crippen LogP contribution is 2.38. The fourth-order valence-electron chi connectivity index (χ4n) is 3.02. The topological polar surface area (TPSA) is 98.5 Å². The molecule has 1 aromatic heterocycles. The van der Waals surface area contributed by atoms with Crippen molar-refractivity contribution in [1.82, 2.24) is 9.55 Å². The van der Waals surface area contributed by atoms with Gasteiger partial charge >= 0.3 is 28.4 Å². The van der Waals surface area contributed by atoms with Gasteiger partial charge in [0.1, 0.15) is 0 Å². The molecule has 0 saturated heterocycles. The predicted molar refractivity (Wildman–Crippen MR) is 96.4 cm³/mol. The number of carbonyl (C=O) groups excluding carboxylic acids is 1. The molecular weight excluding hydrogens is 470 g/mol. The van der Waals surface area contributed by atoms with Gasteiger partial charge in [0.05, 0.1) is 41.4 Å². The smallest absolute Gasteiger partial charge is 0.416 e. The number of hydrogen-bond donors (Lipinski definition) is 1. The van der Waals surface area contributed by atoms with E-state index in [0.29, 0.717) is 16.7 Å². The van der Waals surface area contributed by atoms with Gasteiger partial charge in [0.2, 0.25) is 0 Å². The SMILES string of the molecule is COC(=O)c1ccc2nc(S(=O)(=O)O)n(Cc3ccc(C(F)(F)F)cc3C(F)(F)F)c2c1. The van der Waals surface area contributed by atoms with Crippen LogP contribution in [0.4, 0.5) is 26.3 Å². The first kappa shape index (κ1) is 23.5. The minimum Gasteiger partial charge on any atom is -0.465 e. The summed E-state index contributed by atoms with van der Waals surface area (Å²) in [7, 11) is -4.00. The zero-order chi connectivity index (χ0) is 24.1. The van der Waals surface area contributed by atoms with Crippen LogP contribution in [0.25, 0.3) is 11.0 Å². The molecule has 0 bridgehead atoms. The Kier molecular flexibility index (Phi) is 5.72. The molecule has 0 amide bonds. The number of alkyl halides is 6. The van der Waals surface area contributed by atoms with Crippen molar-refractivity contribution in [1.29, 1.82) is 0 Å². The van der Waals surface area contributed by atoms with Crippen LogP contribution in [-0.4, -0.2) is 35.6 Å². The first-order valence-corrected chi connectivity index (χ1v) is 9.90. The molecule has 32 heavy (non-hydrogen) atoms. The molecule has 0 aliphatic rings. The van der Waals surface area contributed by atoms with Crippen molar-refractivity contribution in [2.45, 2.75) is 24.1 Å². The lowest BCUT2D eigenvalue weighted by Gasteiger charge is -2.17. The van der Waals surface area contributed by atoms with Crippen molar-refractivity contribution in [2.24, 2.45) is 0 Å². The highest BCUT2D eigenvalue weighted by molar-refractivity contribution is 7.85. The van der Waals surface area contributed by atoms with Gasteiger partial charge in [-0.25, -0.2) is 9.78 Å². The second-order valence-electron chi connectivity index (χ2n) is 6.52. The Morgan fingerprint density at radius 1 is 1.06 bits per heavy atom. The normalized spacial score (nSPS) is 12.9. The number of imidazole rings is 1. The summed E-state index contributed by atoms with van der Waals surface area (Å²) < 4.78 is 117. The van der Waals surface area contributed by atoms with Gasteiger partial charge in [-0.3, -0.25) is 4.55 Å². The number of benzene rings is 2. The van der Waals surface area contributed by atoms with Crippen molar-refractivity contribution in [3.05, 3.63) is 58.7 Å². The minimum absolute atomic E-state index is 0.0958. The average molecular weight is 482 g/mol. The molecule has 3 rings (SSSR count). The van der Waals surface area contributed by atoms with E-state index >= 15 is 0 Å². The van der Waals surface area contributed by atoms with Crippen LogP contribution >= 0.6 is 0 Å². The zero-order valence-electron chi connectivity index (χ0n) is 15.8. The first-order valence-electron chi connectivity index (χ1n) is 8.46. The molecule has 3 aromatic rings. The lowest BCUT2D eigenvalue weighted by Crippen LogP contribution is -2.17. The molecule has 1 N–H and O–H groups in total. The van der Waals surface area contributed by atoms with Crippen molar-refractivity contribution >= 4 is 27.1 Å². The summed E-state index contributed by atoms with van der Waals surface area (Å²) >= 11 is 0. The highest BCUT2D eigenvalue weighted by Gasteiger charge is 2.38. The summed E-state index contributed by atoms with van der Waals surface area (Å²) in [5, 5.41) is -1.05. The number of ether oxygens (including phenoxy) is 1. The van der Waals surface area contributed by atoms with E-state index in [-0.39, 0.29) is 22.7 Å². The van der Waals surface area contributed by atoms with Crippen molar-refractivity contribution in [3.8, 4) is 0 Å². The van der Waals surface area contributed by atoms with Crippen LogP contribution in [0, 0.1) is 0 Å². The van der Waals surface area contributed by atoms with Gasteiger partial charge < -0.3 is 9.30 Å². The maximum absolute atomic E-state index is 13.5. The quantitative estimate of drug-likeness (QED) is 0.341. The lowest BCUT2D eigenvalue weighted by molar-refractivity contribution is -0.143. The van der Waals surface area contributed by atoms with Gasteiger partial charge in [0, 0.05) is 0 Å². The molecule has 0 aliphatic heterocycles. The molecule has 2 aromatic carbocycles. The van der Waals surface area contributed by atoms with Gasteiger partial charge in [-0.2, -0.15) is 34.8 Å². The van der Waals surface area contributed by atoms with E-state index in [1.807, 2.05) is 0 Å². The Morgan fingerprint density at radius 2 is 1.72 bits per heavy atom. The van der Waals surface area contributed by atoms with Crippen molar-refractivity contribution < 1.29 is 48.8 Å². The lowest BCUT2D eigenvalue weighted by atomic mass is 10.0. The van der Waals surface area contributed by atoms with E-state index in [1.165, 1.54) is 12.1 Å². The number of halogens is 6. The van der Waals surface area contributed by atoms with Crippen LogP contribution < -0.4 is 0 Å². The number of nitrogens with zero attached hydrogens (tertiary/aromatic N) is 2. The fraction of sp³-hybridized carbons (Fsp3) is 0.222. The van der Waals surface area contributed by atoms with Crippen LogP contribution in [0.1, 0.15) is 27.0 Å². The number of rotatable bonds is 4. The number of carbonyl (C=O) groups is 1. The Balaban J connectivity index is 2.27. The molecule has 7 nitrogen and oxygen atoms in total. The standard InChI is InChI=1S/C18H12F6N2O5S/c1-31-15(27)9-3-5-13-14(6-9)26(16(25-13)32(28,29)30)8-10-2-4-11(17(19,20)21)7-12(10)18(22,23)24/h2-7H,8H2,1H3,(H,28,29,30). The van der Waals surface area contributed by atoms with Crippen molar-refractivity contribution in [2.75, 3.05) is 7.11 Å². The van der Waals surface area contributed by atoms with Gasteiger partial charge in [-0.15, -0.1) is 0 Å². The summed E-state index contributed by atoms with van der Waals surface area (Å²) in [4.78, 5) is 15.4. The Morgan fingerprint density at radius 3 is 2.25 bits per heavy atom. The molecule has 1 heterocycles. The number of aromatic nitrogens is 2. The van der Waals surface area contributed by atoms with E-state index in [9.17, 15) is 44.1 Å². The summed E-state index contributed by atoms with van der Waals surface area (Å²) in [5.74, 6) is -0.849. The van der Waals surface area contributed by atoms with Crippen LogP contribution in [0.5, 0.6) is 0 Å². The Bertz CT molecular complexity index is 1310. The molecule has 0 radical (unpaired) electrons. The number of methoxy groups -OCH3 is 1. The largest absolute Gasteiger partial charge is 0.465 e. The second kappa shape index (κ2) is 7.78. The molecule has 14 heteroatoms. The summed E-state index contributed by atoms with van der Waals surface area (Å²) in [5.41, 5.74) is -4.31. The van der Waals surface area contributed by atoms with Gasteiger partial charge in [-0.05, 0) is 35.9 Å². The van der Waals surface area contributed by atoms with Crippen LogP contribution in [0.15, 0.2) is 41.6 Å². The third-order valence-corrected chi connectivity index (χ3v) is 5.21. The van der Waals surface area contributed by atoms with E-state index in [4.69, 9.17) is 0 Å². The summed E-state index contributed by atoms with van der Waals surface area (Å²) in [6.07, 6.45) is -10.3. The van der Waals surface area contributed by atoms with E-state index < -0.39 is 56.8 Å². The highest BCUT2D eigenvalue weighted by atomic mass is 32.2. The number of esters is 1. The monoisotopic (exact) mass is 482 g/mol. The Hall–Kier alpha value is -3.13. The van der Waals surface area contributed by atoms with Gasteiger partial charge in [0.25, 0.3) is 5.16 Å². The average Bonchev–Trinajstić information content (AvgIpc) is 3.04. The molecule has 0 unspecified atom stereocenters. The van der Waals surface area contributed by atoms with Crippen LogP contribution in [0.2, 0.25) is 0 Å². The van der Waals surface area contributed by atoms with E-state index in [1.54, 1.807) is 0 Å². The molecule has 0 fully saturated rings. The zero-order valence-corrected chi connectivity index (χ0v) is 16.6. The molecular formula is C18H12F6N2O5S. The number of fused-ring (bicyclic) bond motifs is 1. The van der Waals surface area contributed by atoms with Crippen LogP contribution in [0.3, 0.4) is 0 Å². The third-order valence-electron chi connectivity index (χ3n) is 4.44. The maximum atomic E-state index is 13.5. The Labute approximate surface area is 176 Å². The number of hydrogen-bond acceptors (Lipinski definition) is 5. The summed E-state index contributed by atoms with van der Waals surface area (Å²) in [6.45, 7) is -0.927. The fourth-order valence-corrected chi connectivity index (χ4v) is 3.68. The van der Waals surface area contributed by atoms with Crippen LogP contribution in [-0.2, 0) is 33.8 Å². The van der Waals surface area contributed by atoms with Crippen molar-refractivity contribution in [3.63, 3.8) is 0 Å². The molecule has 0 spiro atoms. The first-order chi connectivity index (χ1) is 14.6. The van der Waals surface area contributed by atoms with E-state index in [0.717, 1.165) is 13.2 Å². The third kappa shape index (κ3) is 4.55. The molecule has 0 aliphatic carbocycles. The van der Waals surface area contributed by atoms with Gasteiger partial charge in [-0.1, -0.05) is 6.07 Å². The maximum Gasteiger partial charge on any atom is 0.416 e. The van der Waals surface area contributed by atoms with E-state index in [2.05, 4.69) is 9.72 Å².